The molecule has 0 radical (unpaired) electrons. The van der Waals surface area contributed by atoms with Gasteiger partial charge in [0.1, 0.15) is 17.2 Å². The number of para-hydroxylation sites is 1. The number of nitrogens with zero attached hydrogens (tertiary/aromatic N) is 1. The molecule has 0 aliphatic rings. The second kappa shape index (κ2) is 6.92. The number of aromatic hydroxyl groups is 3. The standard InChI is InChI=1S/C14H12N2O4.H2O/c17-11-5-10(6-12(18)7-11)14(20)16-15-8-9-3-1-2-4-13(9)19;/h1-8,17-19H,(H,16,20);1H2/b15-8+;. The Labute approximate surface area is 120 Å². The summed E-state index contributed by atoms with van der Waals surface area (Å²) >= 11 is 0. The summed E-state index contributed by atoms with van der Waals surface area (Å²) in [5.74, 6) is -0.997. The second-order valence-electron chi connectivity index (χ2n) is 4.00. The lowest BCUT2D eigenvalue weighted by molar-refractivity contribution is 0.0954. The van der Waals surface area contributed by atoms with E-state index in [4.69, 9.17) is 0 Å². The van der Waals surface area contributed by atoms with E-state index in [1.807, 2.05) is 0 Å². The maximum absolute atomic E-state index is 11.7. The maximum atomic E-state index is 11.7. The molecule has 0 heterocycles. The summed E-state index contributed by atoms with van der Waals surface area (Å²) in [4.78, 5) is 11.7. The average Bonchev–Trinajstić information content (AvgIpc) is 2.39. The van der Waals surface area contributed by atoms with E-state index >= 15 is 0 Å². The highest BCUT2D eigenvalue weighted by Crippen LogP contribution is 2.20. The van der Waals surface area contributed by atoms with Crippen molar-refractivity contribution in [2.45, 2.75) is 0 Å². The number of hydrogen-bond acceptors (Lipinski definition) is 5. The van der Waals surface area contributed by atoms with E-state index in [1.54, 1.807) is 18.2 Å². The van der Waals surface area contributed by atoms with Crippen LogP contribution in [0.4, 0.5) is 0 Å². The van der Waals surface area contributed by atoms with E-state index in [0.29, 0.717) is 5.56 Å². The fourth-order valence-corrected chi connectivity index (χ4v) is 1.55. The van der Waals surface area contributed by atoms with E-state index in [0.717, 1.165) is 6.07 Å². The van der Waals surface area contributed by atoms with E-state index in [1.165, 1.54) is 24.4 Å². The number of benzene rings is 2. The first kappa shape index (κ1) is 16.0. The van der Waals surface area contributed by atoms with Crippen molar-refractivity contribution in [1.82, 2.24) is 5.43 Å². The fraction of sp³-hybridized carbons (Fsp3) is 0. The highest BCUT2D eigenvalue weighted by molar-refractivity contribution is 5.95. The zero-order chi connectivity index (χ0) is 14.5. The average molecular weight is 290 g/mol. The lowest BCUT2D eigenvalue weighted by Crippen LogP contribution is -2.17. The van der Waals surface area contributed by atoms with Gasteiger partial charge in [0.2, 0.25) is 0 Å². The van der Waals surface area contributed by atoms with Crippen LogP contribution in [-0.4, -0.2) is 32.9 Å². The molecule has 21 heavy (non-hydrogen) atoms. The van der Waals surface area contributed by atoms with E-state index < -0.39 is 5.91 Å². The molecule has 0 aliphatic carbocycles. The second-order valence-corrected chi connectivity index (χ2v) is 4.00. The Balaban J connectivity index is 0.00000220. The lowest BCUT2D eigenvalue weighted by atomic mass is 10.2. The quantitative estimate of drug-likeness (QED) is 0.490. The molecule has 6 N–H and O–H groups in total. The van der Waals surface area contributed by atoms with Gasteiger partial charge in [0.05, 0.1) is 6.21 Å². The fourth-order valence-electron chi connectivity index (χ4n) is 1.55. The van der Waals surface area contributed by atoms with Crippen LogP contribution in [0.1, 0.15) is 15.9 Å². The summed E-state index contributed by atoms with van der Waals surface area (Å²) in [6.45, 7) is 0. The van der Waals surface area contributed by atoms with Gasteiger partial charge < -0.3 is 20.8 Å². The molecule has 2 aromatic rings. The molecule has 0 fully saturated rings. The molecular formula is C14H14N2O5. The molecule has 0 saturated heterocycles. The van der Waals surface area contributed by atoms with Crippen LogP contribution < -0.4 is 5.43 Å². The van der Waals surface area contributed by atoms with E-state index in [-0.39, 0.29) is 28.3 Å². The van der Waals surface area contributed by atoms with Crippen molar-refractivity contribution in [2.75, 3.05) is 0 Å². The van der Waals surface area contributed by atoms with Crippen LogP contribution >= 0.6 is 0 Å². The number of phenolic OH excluding ortho intramolecular Hbond substituents is 3. The summed E-state index contributed by atoms with van der Waals surface area (Å²) < 4.78 is 0. The molecular weight excluding hydrogens is 276 g/mol. The van der Waals surface area contributed by atoms with Gasteiger partial charge in [-0.1, -0.05) is 12.1 Å². The Bertz CT molecular complexity index is 650. The normalized spacial score (nSPS) is 10.1. The van der Waals surface area contributed by atoms with Crippen molar-refractivity contribution < 1.29 is 25.6 Å². The molecule has 0 bridgehead atoms. The zero-order valence-electron chi connectivity index (χ0n) is 10.8. The molecule has 1 amide bonds. The van der Waals surface area contributed by atoms with Crippen molar-refractivity contribution >= 4 is 12.1 Å². The van der Waals surface area contributed by atoms with Crippen LogP contribution in [0.2, 0.25) is 0 Å². The van der Waals surface area contributed by atoms with Crippen molar-refractivity contribution in [1.29, 1.82) is 0 Å². The van der Waals surface area contributed by atoms with Gasteiger partial charge in [-0.3, -0.25) is 4.79 Å². The largest absolute Gasteiger partial charge is 0.508 e. The van der Waals surface area contributed by atoms with Crippen LogP contribution in [0.5, 0.6) is 17.2 Å². The Hall–Kier alpha value is -3.06. The summed E-state index contributed by atoms with van der Waals surface area (Å²) in [7, 11) is 0. The third kappa shape index (κ3) is 4.22. The highest BCUT2D eigenvalue weighted by atomic mass is 16.3. The smallest absolute Gasteiger partial charge is 0.271 e. The van der Waals surface area contributed by atoms with Gasteiger partial charge in [-0.2, -0.15) is 5.10 Å². The predicted octanol–water partition coefficient (Wildman–Crippen LogP) is 0.743. The lowest BCUT2D eigenvalue weighted by Gasteiger charge is -2.02. The Morgan fingerprint density at radius 1 is 1.05 bits per heavy atom. The molecule has 0 spiro atoms. The molecule has 7 heteroatoms. The minimum Gasteiger partial charge on any atom is -0.508 e. The number of amides is 1. The van der Waals surface area contributed by atoms with Crippen molar-refractivity contribution in [3.63, 3.8) is 0 Å². The van der Waals surface area contributed by atoms with Crippen molar-refractivity contribution in [2.24, 2.45) is 5.10 Å². The topological polar surface area (TPSA) is 134 Å². The molecule has 7 nitrogen and oxygen atoms in total. The van der Waals surface area contributed by atoms with Gasteiger partial charge in [0, 0.05) is 17.2 Å². The number of carbonyl (C=O) groups excluding carboxylic acids is 1. The van der Waals surface area contributed by atoms with Crippen LogP contribution in [0.15, 0.2) is 47.6 Å². The summed E-state index contributed by atoms with van der Waals surface area (Å²) in [6, 6.07) is 10.0. The monoisotopic (exact) mass is 290 g/mol. The summed E-state index contributed by atoms with van der Waals surface area (Å²) in [5.41, 5.74) is 2.74. The van der Waals surface area contributed by atoms with Crippen molar-refractivity contribution in [3.05, 3.63) is 53.6 Å². The number of carbonyl (C=O) groups is 1. The molecule has 110 valence electrons. The van der Waals surface area contributed by atoms with Crippen LogP contribution in [0, 0.1) is 0 Å². The van der Waals surface area contributed by atoms with Crippen molar-refractivity contribution in [3.8, 4) is 17.2 Å². The third-order valence-corrected chi connectivity index (χ3v) is 2.47. The Kier molecular flexibility index (Phi) is 5.27. The molecule has 0 unspecified atom stereocenters. The SMILES string of the molecule is O.O=C(N/N=C/c1ccccc1O)c1cc(O)cc(O)c1. The third-order valence-electron chi connectivity index (χ3n) is 2.47. The van der Waals surface area contributed by atoms with Crippen LogP contribution in [0.3, 0.4) is 0 Å². The van der Waals surface area contributed by atoms with Gasteiger partial charge in [0.15, 0.2) is 0 Å². The van der Waals surface area contributed by atoms with Gasteiger partial charge >= 0.3 is 0 Å². The highest BCUT2D eigenvalue weighted by Gasteiger charge is 2.07. The first-order chi connectivity index (χ1) is 9.56. The van der Waals surface area contributed by atoms with Gasteiger partial charge in [-0.25, -0.2) is 5.43 Å². The molecule has 2 rings (SSSR count). The number of phenols is 3. The van der Waals surface area contributed by atoms with Gasteiger partial charge in [0.25, 0.3) is 5.91 Å². The number of hydrazone groups is 1. The van der Waals surface area contributed by atoms with Gasteiger partial charge in [-0.15, -0.1) is 0 Å². The molecule has 2 aromatic carbocycles. The number of hydrogen-bond donors (Lipinski definition) is 4. The molecule has 0 aromatic heterocycles. The van der Waals surface area contributed by atoms with E-state index in [9.17, 15) is 20.1 Å². The molecule has 0 aliphatic heterocycles. The summed E-state index contributed by atoms with van der Waals surface area (Å²) in [6.07, 6.45) is 1.29. The minimum absolute atomic E-state index is 0. The zero-order valence-corrected chi connectivity index (χ0v) is 10.8. The predicted molar refractivity (Wildman–Crippen MR) is 76.6 cm³/mol. The van der Waals surface area contributed by atoms with E-state index in [2.05, 4.69) is 10.5 Å². The minimum atomic E-state index is -0.595. The Morgan fingerprint density at radius 2 is 1.67 bits per heavy atom. The first-order valence-electron chi connectivity index (χ1n) is 5.70. The first-order valence-corrected chi connectivity index (χ1v) is 5.70. The Morgan fingerprint density at radius 3 is 2.29 bits per heavy atom. The molecule has 0 saturated carbocycles. The van der Waals surface area contributed by atoms with Gasteiger partial charge in [-0.05, 0) is 24.3 Å². The maximum Gasteiger partial charge on any atom is 0.271 e. The molecule has 0 atom stereocenters. The summed E-state index contributed by atoms with van der Waals surface area (Å²) in [5, 5.41) is 31.7. The number of nitrogens with one attached hydrogen (secondary N) is 1. The number of rotatable bonds is 3. The van der Waals surface area contributed by atoms with Crippen LogP contribution in [0.25, 0.3) is 0 Å². The van der Waals surface area contributed by atoms with Crippen LogP contribution in [-0.2, 0) is 0 Å².